The van der Waals surface area contributed by atoms with Crippen LogP contribution in [0.3, 0.4) is 0 Å². The third-order valence-electron chi connectivity index (χ3n) is 2.95. The maximum atomic E-state index is 6.21. The number of benzene rings is 1. The van der Waals surface area contributed by atoms with Crippen LogP contribution in [0, 0.1) is 0 Å². The molecule has 0 aliphatic rings. The zero-order valence-electron chi connectivity index (χ0n) is 11.2. The van der Waals surface area contributed by atoms with Crippen molar-refractivity contribution in [3.63, 3.8) is 0 Å². The van der Waals surface area contributed by atoms with E-state index in [-0.39, 0.29) is 6.04 Å². The van der Waals surface area contributed by atoms with Crippen molar-refractivity contribution in [2.45, 2.75) is 12.5 Å². The monoisotopic (exact) mass is 313 g/mol. The smallest absolute Gasteiger partial charge is 0.179 e. The van der Waals surface area contributed by atoms with Crippen LogP contribution >= 0.6 is 22.9 Å². The first-order valence-electron chi connectivity index (χ1n) is 5.94. The van der Waals surface area contributed by atoms with E-state index < -0.39 is 0 Å². The summed E-state index contributed by atoms with van der Waals surface area (Å²) in [6.07, 6.45) is 2.56. The molecule has 2 aromatic rings. The van der Waals surface area contributed by atoms with E-state index in [0.29, 0.717) is 16.5 Å². The van der Waals surface area contributed by atoms with E-state index in [1.807, 2.05) is 18.3 Å². The molecule has 0 saturated heterocycles. The molecule has 7 heteroatoms. The predicted molar refractivity (Wildman–Crippen MR) is 80.4 cm³/mol. The van der Waals surface area contributed by atoms with Gasteiger partial charge in [0.05, 0.1) is 30.8 Å². The van der Waals surface area contributed by atoms with Crippen LogP contribution < -0.4 is 20.7 Å². The normalized spacial score (nSPS) is 12.2. The zero-order valence-corrected chi connectivity index (χ0v) is 12.8. The van der Waals surface area contributed by atoms with E-state index in [1.54, 1.807) is 31.1 Å². The van der Waals surface area contributed by atoms with Gasteiger partial charge in [0, 0.05) is 17.5 Å². The largest absolute Gasteiger partial charge is 0.493 e. The van der Waals surface area contributed by atoms with E-state index in [4.69, 9.17) is 26.9 Å². The molecule has 1 aromatic heterocycles. The number of rotatable bonds is 6. The number of nitrogens with zero attached hydrogens (tertiary/aromatic N) is 1. The van der Waals surface area contributed by atoms with Gasteiger partial charge in [-0.2, -0.15) is 0 Å². The molecule has 5 nitrogen and oxygen atoms in total. The van der Waals surface area contributed by atoms with Crippen LogP contribution in [0.15, 0.2) is 23.8 Å². The fourth-order valence-corrected chi connectivity index (χ4v) is 2.89. The SMILES string of the molecule is COc1cc(C(Cc2cncs2)NN)cc(Cl)c1OC. The standard InChI is InChI=1S/C13H16ClN3O2S/c1-18-12-4-8(3-10(14)13(12)19-2)11(17-15)5-9-6-16-7-20-9/h3-4,6-7,11,17H,5,15H2,1-2H3. The van der Waals surface area contributed by atoms with Crippen LogP contribution in [0.1, 0.15) is 16.5 Å². The minimum atomic E-state index is -0.0762. The number of thiazole rings is 1. The van der Waals surface area contributed by atoms with Crippen molar-refractivity contribution in [1.82, 2.24) is 10.4 Å². The topological polar surface area (TPSA) is 69.4 Å². The third-order valence-corrected chi connectivity index (χ3v) is 4.03. The number of ether oxygens (including phenoxy) is 2. The first-order valence-corrected chi connectivity index (χ1v) is 7.20. The Bertz CT molecular complexity index is 563. The van der Waals surface area contributed by atoms with Gasteiger partial charge in [0.1, 0.15) is 0 Å². The van der Waals surface area contributed by atoms with Gasteiger partial charge in [-0.05, 0) is 17.7 Å². The van der Waals surface area contributed by atoms with Crippen molar-refractivity contribution in [2.24, 2.45) is 5.84 Å². The quantitative estimate of drug-likeness (QED) is 0.633. The van der Waals surface area contributed by atoms with Crippen molar-refractivity contribution >= 4 is 22.9 Å². The Labute approximate surface area is 126 Å². The molecule has 0 aliphatic carbocycles. The number of methoxy groups -OCH3 is 2. The van der Waals surface area contributed by atoms with E-state index in [1.165, 1.54) is 0 Å². The van der Waals surface area contributed by atoms with Gasteiger partial charge in [-0.3, -0.25) is 16.3 Å². The van der Waals surface area contributed by atoms with Gasteiger partial charge in [0.15, 0.2) is 11.5 Å². The zero-order chi connectivity index (χ0) is 14.5. The molecule has 0 fully saturated rings. The average molecular weight is 314 g/mol. The molecular weight excluding hydrogens is 298 g/mol. The molecule has 0 radical (unpaired) electrons. The Morgan fingerprint density at radius 1 is 1.40 bits per heavy atom. The maximum Gasteiger partial charge on any atom is 0.179 e. The first kappa shape index (κ1) is 15.1. The van der Waals surface area contributed by atoms with Gasteiger partial charge < -0.3 is 9.47 Å². The molecule has 0 saturated carbocycles. The Balaban J connectivity index is 2.32. The summed E-state index contributed by atoms with van der Waals surface area (Å²) in [5.74, 6) is 6.76. The predicted octanol–water partition coefficient (Wildman–Crippen LogP) is 2.56. The molecule has 1 atom stereocenters. The Morgan fingerprint density at radius 3 is 2.75 bits per heavy atom. The average Bonchev–Trinajstić information content (AvgIpc) is 2.96. The summed E-state index contributed by atoms with van der Waals surface area (Å²) in [4.78, 5) is 5.20. The van der Waals surface area contributed by atoms with Crippen molar-refractivity contribution in [3.05, 3.63) is 39.3 Å². The Morgan fingerprint density at radius 2 is 2.20 bits per heavy atom. The van der Waals surface area contributed by atoms with Gasteiger partial charge >= 0.3 is 0 Å². The second kappa shape index (κ2) is 6.90. The number of aromatic nitrogens is 1. The van der Waals surface area contributed by atoms with Gasteiger partial charge in [-0.25, -0.2) is 0 Å². The van der Waals surface area contributed by atoms with E-state index in [0.717, 1.165) is 16.9 Å². The summed E-state index contributed by atoms with van der Waals surface area (Å²) in [7, 11) is 3.13. The summed E-state index contributed by atoms with van der Waals surface area (Å²) in [6, 6.07) is 3.62. The summed E-state index contributed by atoms with van der Waals surface area (Å²) >= 11 is 7.80. The van der Waals surface area contributed by atoms with E-state index >= 15 is 0 Å². The van der Waals surface area contributed by atoms with Crippen LogP contribution in [-0.2, 0) is 6.42 Å². The van der Waals surface area contributed by atoms with Crippen molar-refractivity contribution < 1.29 is 9.47 Å². The third kappa shape index (κ3) is 3.21. The second-order valence-corrected chi connectivity index (χ2v) is 5.51. The van der Waals surface area contributed by atoms with Crippen LogP contribution in [0.4, 0.5) is 0 Å². The molecule has 0 aliphatic heterocycles. The van der Waals surface area contributed by atoms with E-state index in [9.17, 15) is 0 Å². The lowest BCUT2D eigenvalue weighted by Gasteiger charge is -2.18. The molecule has 1 aromatic carbocycles. The van der Waals surface area contributed by atoms with Crippen LogP contribution in [0.5, 0.6) is 11.5 Å². The molecule has 20 heavy (non-hydrogen) atoms. The minimum Gasteiger partial charge on any atom is -0.493 e. The highest BCUT2D eigenvalue weighted by Gasteiger charge is 2.17. The fourth-order valence-electron chi connectivity index (χ4n) is 1.96. The van der Waals surface area contributed by atoms with E-state index in [2.05, 4.69) is 10.4 Å². The molecule has 3 N–H and O–H groups in total. The number of nitrogens with two attached hydrogens (primary N) is 1. The van der Waals surface area contributed by atoms with Crippen molar-refractivity contribution in [1.29, 1.82) is 0 Å². The second-order valence-electron chi connectivity index (χ2n) is 4.13. The van der Waals surface area contributed by atoms with Crippen LogP contribution in [-0.4, -0.2) is 19.2 Å². The first-order chi connectivity index (χ1) is 9.69. The van der Waals surface area contributed by atoms with Crippen LogP contribution in [0.25, 0.3) is 0 Å². The molecular formula is C13H16ClN3O2S. The van der Waals surface area contributed by atoms with Crippen molar-refractivity contribution in [2.75, 3.05) is 14.2 Å². The lowest BCUT2D eigenvalue weighted by molar-refractivity contribution is 0.354. The summed E-state index contributed by atoms with van der Waals surface area (Å²) in [5, 5.41) is 0.492. The lowest BCUT2D eigenvalue weighted by Crippen LogP contribution is -2.29. The van der Waals surface area contributed by atoms with Crippen molar-refractivity contribution in [3.8, 4) is 11.5 Å². The summed E-state index contributed by atoms with van der Waals surface area (Å²) in [6.45, 7) is 0. The van der Waals surface area contributed by atoms with Gasteiger partial charge in [0.2, 0.25) is 0 Å². The minimum absolute atomic E-state index is 0.0762. The highest BCUT2D eigenvalue weighted by molar-refractivity contribution is 7.09. The number of nitrogens with one attached hydrogen (secondary N) is 1. The fraction of sp³-hybridized carbons (Fsp3) is 0.308. The number of hydrazine groups is 1. The molecule has 0 spiro atoms. The maximum absolute atomic E-state index is 6.21. The lowest BCUT2D eigenvalue weighted by atomic mass is 10.0. The highest BCUT2D eigenvalue weighted by atomic mass is 35.5. The summed E-state index contributed by atoms with van der Waals surface area (Å²) < 4.78 is 10.5. The highest BCUT2D eigenvalue weighted by Crippen LogP contribution is 2.38. The Hall–Kier alpha value is -1.34. The van der Waals surface area contributed by atoms with Gasteiger partial charge in [-0.15, -0.1) is 11.3 Å². The number of halogens is 1. The number of hydrogen-bond donors (Lipinski definition) is 2. The molecule has 0 bridgehead atoms. The van der Waals surface area contributed by atoms with Gasteiger partial charge in [0.25, 0.3) is 0 Å². The molecule has 0 amide bonds. The Kier molecular flexibility index (Phi) is 5.19. The molecule has 1 heterocycles. The summed E-state index contributed by atoms with van der Waals surface area (Å²) in [5.41, 5.74) is 5.53. The number of hydrogen-bond acceptors (Lipinski definition) is 6. The molecule has 2 rings (SSSR count). The van der Waals surface area contributed by atoms with Crippen LogP contribution in [0.2, 0.25) is 5.02 Å². The van der Waals surface area contributed by atoms with Gasteiger partial charge in [-0.1, -0.05) is 11.6 Å². The molecule has 1 unspecified atom stereocenters. The molecule has 108 valence electrons.